The molecule has 4 nitrogen and oxygen atoms in total. The van der Waals surface area contributed by atoms with Crippen molar-refractivity contribution in [2.24, 2.45) is 0 Å². The van der Waals surface area contributed by atoms with E-state index >= 15 is 0 Å². The molecule has 136 valence electrons. The van der Waals surface area contributed by atoms with Crippen LogP contribution in [0.1, 0.15) is 15.9 Å². The van der Waals surface area contributed by atoms with Gasteiger partial charge in [0.1, 0.15) is 5.65 Å². The van der Waals surface area contributed by atoms with E-state index in [1.807, 2.05) is 60.7 Å². The van der Waals surface area contributed by atoms with Crippen molar-refractivity contribution < 1.29 is 4.79 Å². The van der Waals surface area contributed by atoms with Gasteiger partial charge in [0.05, 0.1) is 11.0 Å². The summed E-state index contributed by atoms with van der Waals surface area (Å²) in [6.45, 7) is 0. The molecule has 29 heavy (non-hydrogen) atoms. The summed E-state index contributed by atoms with van der Waals surface area (Å²) in [5.74, 6) is -0.0600. The van der Waals surface area contributed by atoms with E-state index in [4.69, 9.17) is 4.98 Å². The number of hydrogen-bond donors (Lipinski definition) is 0. The monoisotopic (exact) mass is 374 g/mol. The van der Waals surface area contributed by atoms with Crippen molar-refractivity contribution in [3.63, 3.8) is 0 Å². The number of fused-ring (bicyclic) bond motifs is 4. The van der Waals surface area contributed by atoms with Crippen molar-refractivity contribution in [3.05, 3.63) is 106 Å². The minimum absolute atomic E-state index is 0.0600. The molecule has 0 N–H and O–H groups in total. The molecule has 2 aromatic heterocycles. The Morgan fingerprint density at radius 1 is 0.759 bits per heavy atom. The fourth-order valence-corrected chi connectivity index (χ4v) is 4.19. The number of rotatable bonds is 2. The average molecular weight is 374 g/mol. The van der Waals surface area contributed by atoms with E-state index in [0.29, 0.717) is 33.2 Å². The van der Waals surface area contributed by atoms with E-state index in [0.717, 1.165) is 16.2 Å². The molecular formula is C25H14N2O2. The summed E-state index contributed by atoms with van der Waals surface area (Å²) in [5.41, 5.74) is 3.07. The third kappa shape index (κ3) is 2.17. The van der Waals surface area contributed by atoms with E-state index < -0.39 is 0 Å². The molecule has 0 spiro atoms. The second-order valence-electron chi connectivity index (χ2n) is 7.18. The zero-order valence-corrected chi connectivity index (χ0v) is 15.3. The lowest BCUT2D eigenvalue weighted by molar-refractivity contribution is 0.103. The first-order chi connectivity index (χ1) is 14.2. The van der Waals surface area contributed by atoms with Gasteiger partial charge in [-0.05, 0) is 29.7 Å². The molecule has 0 aliphatic carbocycles. The summed E-state index contributed by atoms with van der Waals surface area (Å²) < 4.78 is 1.66. The van der Waals surface area contributed by atoms with Crippen molar-refractivity contribution in [2.45, 2.75) is 0 Å². The molecule has 0 radical (unpaired) electrons. The fourth-order valence-electron chi connectivity index (χ4n) is 4.19. The van der Waals surface area contributed by atoms with Crippen LogP contribution in [-0.4, -0.2) is 15.2 Å². The zero-order valence-electron chi connectivity index (χ0n) is 15.3. The maximum absolute atomic E-state index is 13.3. The van der Waals surface area contributed by atoms with Crippen LogP contribution >= 0.6 is 0 Å². The molecule has 2 heterocycles. The van der Waals surface area contributed by atoms with Gasteiger partial charge in [-0.25, -0.2) is 4.98 Å². The van der Waals surface area contributed by atoms with E-state index in [9.17, 15) is 9.59 Å². The second kappa shape index (κ2) is 5.72. The van der Waals surface area contributed by atoms with E-state index in [2.05, 4.69) is 0 Å². The van der Waals surface area contributed by atoms with Crippen LogP contribution in [0.3, 0.4) is 0 Å². The van der Waals surface area contributed by atoms with E-state index in [1.165, 1.54) is 0 Å². The van der Waals surface area contributed by atoms with E-state index in [-0.39, 0.29) is 11.3 Å². The predicted octanol–water partition coefficient (Wildman–Crippen LogP) is 4.82. The van der Waals surface area contributed by atoms with Crippen LogP contribution < -0.4 is 5.56 Å². The number of hydrogen-bond acceptors (Lipinski definition) is 3. The molecule has 0 bridgehead atoms. The lowest BCUT2D eigenvalue weighted by Crippen LogP contribution is -2.13. The number of carbonyl (C=O) groups is 1. The largest absolute Gasteiger partial charge is 0.289 e. The minimum Gasteiger partial charge on any atom is -0.289 e. The van der Waals surface area contributed by atoms with Gasteiger partial charge in [-0.3, -0.25) is 14.0 Å². The zero-order chi connectivity index (χ0) is 19.5. The maximum atomic E-state index is 13.3. The molecular weight excluding hydrogens is 360 g/mol. The molecule has 4 aromatic carbocycles. The Bertz CT molecular complexity index is 1630. The Balaban J connectivity index is 1.69. The number of carbonyl (C=O) groups excluding carboxylic acids is 1. The Labute approximate surface area is 165 Å². The normalized spacial score (nSPS) is 11.7. The van der Waals surface area contributed by atoms with Crippen LogP contribution in [0.4, 0.5) is 0 Å². The highest BCUT2D eigenvalue weighted by Gasteiger charge is 2.17. The highest BCUT2D eigenvalue weighted by molar-refractivity contribution is 6.16. The number of nitrogens with zero attached hydrogens (tertiary/aromatic N) is 2. The molecule has 0 aliphatic heterocycles. The van der Waals surface area contributed by atoms with Crippen molar-refractivity contribution in [1.29, 1.82) is 0 Å². The van der Waals surface area contributed by atoms with Crippen LogP contribution in [0.2, 0.25) is 0 Å². The molecule has 6 rings (SSSR count). The number of pyridine rings is 1. The third-order valence-electron chi connectivity index (χ3n) is 5.53. The van der Waals surface area contributed by atoms with Gasteiger partial charge in [-0.2, -0.15) is 0 Å². The van der Waals surface area contributed by atoms with Gasteiger partial charge in [0, 0.05) is 27.3 Å². The predicted molar refractivity (Wildman–Crippen MR) is 115 cm³/mol. The van der Waals surface area contributed by atoms with Gasteiger partial charge in [-0.1, -0.05) is 60.7 Å². The molecule has 0 amide bonds. The quantitative estimate of drug-likeness (QED) is 0.408. The number of benzene rings is 4. The topological polar surface area (TPSA) is 51.4 Å². The second-order valence-corrected chi connectivity index (χ2v) is 7.18. The highest BCUT2D eigenvalue weighted by atomic mass is 16.1. The summed E-state index contributed by atoms with van der Waals surface area (Å²) in [6, 6.07) is 26.3. The van der Waals surface area contributed by atoms with Gasteiger partial charge in [0.15, 0.2) is 5.78 Å². The minimum atomic E-state index is -0.0889. The summed E-state index contributed by atoms with van der Waals surface area (Å²) in [7, 11) is 0. The molecule has 0 unspecified atom stereocenters. The lowest BCUT2D eigenvalue weighted by atomic mass is 10.0. The smallest absolute Gasteiger partial charge is 0.264 e. The molecule has 0 saturated carbocycles. The Kier molecular flexibility index (Phi) is 3.15. The number of ketones is 1. The first kappa shape index (κ1) is 16.0. The molecule has 4 heteroatoms. The standard InChI is InChI=1S/C25H14N2O2/c28-23(16-6-2-1-3-7-16)17-12-13-21-20(14-17)26-24-18-10-4-8-15-9-5-11-19(22(15)18)25(29)27(21)24/h1-14H. The summed E-state index contributed by atoms with van der Waals surface area (Å²) in [6.07, 6.45) is 0. The van der Waals surface area contributed by atoms with E-state index in [1.54, 1.807) is 28.7 Å². The Morgan fingerprint density at radius 2 is 1.52 bits per heavy atom. The van der Waals surface area contributed by atoms with Gasteiger partial charge >= 0.3 is 0 Å². The Hall–Kier alpha value is -4.05. The number of imidazole rings is 1. The maximum Gasteiger partial charge on any atom is 0.264 e. The highest BCUT2D eigenvalue weighted by Crippen LogP contribution is 2.29. The van der Waals surface area contributed by atoms with Crippen molar-refractivity contribution in [2.75, 3.05) is 0 Å². The van der Waals surface area contributed by atoms with Crippen molar-refractivity contribution in [1.82, 2.24) is 9.38 Å². The lowest BCUT2D eigenvalue weighted by Gasteiger charge is -2.06. The SMILES string of the molecule is O=C(c1ccccc1)c1ccc2c(c1)nc1c3cccc4cccc(c(=O)n21)c43. The Morgan fingerprint density at radius 3 is 2.31 bits per heavy atom. The molecule has 0 fully saturated rings. The van der Waals surface area contributed by atoms with Crippen molar-refractivity contribution in [3.8, 4) is 0 Å². The first-order valence-electron chi connectivity index (χ1n) is 9.41. The molecule has 6 aromatic rings. The summed E-state index contributed by atoms with van der Waals surface area (Å²) in [5, 5.41) is 3.56. The van der Waals surface area contributed by atoms with Crippen LogP contribution in [0.5, 0.6) is 0 Å². The fraction of sp³-hybridized carbons (Fsp3) is 0. The number of aromatic nitrogens is 2. The summed E-state index contributed by atoms with van der Waals surface area (Å²) in [4.78, 5) is 30.8. The van der Waals surface area contributed by atoms with Crippen molar-refractivity contribution >= 4 is 44.0 Å². The molecule has 0 saturated heterocycles. The van der Waals surface area contributed by atoms with Gasteiger partial charge in [-0.15, -0.1) is 0 Å². The third-order valence-corrected chi connectivity index (χ3v) is 5.53. The van der Waals surface area contributed by atoms with Gasteiger partial charge in [0.25, 0.3) is 5.56 Å². The van der Waals surface area contributed by atoms with Crippen LogP contribution in [-0.2, 0) is 0 Å². The van der Waals surface area contributed by atoms with Crippen LogP contribution in [0.25, 0.3) is 38.2 Å². The average Bonchev–Trinajstić information content (AvgIpc) is 3.16. The van der Waals surface area contributed by atoms with Gasteiger partial charge in [0.2, 0.25) is 0 Å². The summed E-state index contributed by atoms with van der Waals surface area (Å²) >= 11 is 0. The molecule has 0 atom stereocenters. The van der Waals surface area contributed by atoms with Gasteiger partial charge < -0.3 is 0 Å². The molecule has 0 aliphatic rings. The van der Waals surface area contributed by atoms with Crippen LogP contribution in [0.15, 0.2) is 89.7 Å². The first-order valence-corrected chi connectivity index (χ1v) is 9.41. The van der Waals surface area contributed by atoms with Crippen LogP contribution in [0, 0.1) is 0 Å².